The minimum atomic E-state index is -0.0172. The van der Waals surface area contributed by atoms with Gasteiger partial charge >= 0.3 is 0 Å². The molecule has 0 atom stereocenters. The van der Waals surface area contributed by atoms with Gasteiger partial charge in [-0.3, -0.25) is 0 Å². The van der Waals surface area contributed by atoms with E-state index in [1.54, 1.807) is 0 Å². The molecule has 0 aromatic heterocycles. The summed E-state index contributed by atoms with van der Waals surface area (Å²) in [5.74, 6) is 0. The van der Waals surface area contributed by atoms with Gasteiger partial charge in [0.1, 0.15) is 0 Å². The Kier molecular flexibility index (Phi) is 4.79. The summed E-state index contributed by atoms with van der Waals surface area (Å²) in [5, 5.41) is 0. The zero-order valence-corrected chi connectivity index (χ0v) is 11.0. The molecule has 2 N–H and O–H groups in total. The van der Waals surface area contributed by atoms with Gasteiger partial charge < -0.3 is 20.1 Å². The molecule has 2 rings (SSSR count). The summed E-state index contributed by atoms with van der Waals surface area (Å²) < 4.78 is 11.1. The standard InChI is InChI=1S/C13H26N2O2/c1-2-17-12-3-7-15(8-4-12)11-13(14)5-9-16-10-6-13/h12H,2-11,14H2,1H3. The van der Waals surface area contributed by atoms with Crippen molar-refractivity contribution in [1.29, 1.82) is 0 Å². The summed E-state index contributed by atoms with van der Waals surface area (Å²) in [6.45, 7) is 7.84. The first-order chi connectivity index (χ1) is 8.22. The molecular weight excluding hydrogens is 216 g/mol. The summed E-state index contributed by atoms with van der Waals surface area (Å²) in [6.07, 6.45) is 4.78. The van der Waals surface area contributed by atoms with E-state index in [2.05, 4.69) is 11.8 Å². The molecule has 0 radical (unpaired) electrons. The lowest BCUT2D eigenvalue weighted by molar-refractivity contribution is -0.00327. The molecule has 2 heterocycles. The van der Waals surface area contributed by atoms with Gasteiger partial charge in [0.25, 0.3) is 0 Å². The maximum atomic E-state index is 6.43. The first-order valence-electron chi connectivity index (χ1n) is 6.92. The summed E-state index contributed by atoms with van der Waals surface area (Å²) >= 11 is 0. The van der Waals surface area contributed by atoms with Crippen LogP contribution in [-0.2, 0) is 9.47 Å². The highest BCUT2D eigenvalue weighted by atomic mass is 16.5. The van der Waals surface area contributed by atoms with E-state index in [-0.39, 0.29) is 5.54 Å². The van der Waals surface area contributed by atoms with Gasteiger partial charge in [-0.2, -0.15) is 0 Å². The molecule has 0 aromatic carbocycles. The molecule has 17 heavy (non-hydrogen) atoms. The summed E-state index contributed by atoms with van der Waals surface area (Å²) in [5.41, 5.74) is 6.41. The lowest BCUT2D eigenvalue weighted by atomic mass is 9.90. The van der Waals surface area contributed by atoms with E-state index < -0.39 is 0 Å². The molecule has 2 aliphatic rings. The van der Waals surface area contributed by atoms with Crippen molar-refractivity contribution in [3.63, 3.8) is 0 Å². The van der Waals surface area contributed by atoms with Crippen LogP contribution in [0.1, 0.15) is 32.6 Å². The Balaban J connectivity index is 1.73. The van der Waals surface area contributed by atoms with Crippen LogP contribution in [0.15, 0.2) is 0 Å². The molecule has 0 bridgehead atoms. The van der Waals surface area contributed by atoms with Crippen LogP contribution in [-0.4, -0.2) is 56.0 Å². The molecule has 4 nitrogen and oxygen atoms in total. The van der Waals surface area contributed by atoms with Crippen LogP contribution in [0.5, 0.6) is 0 Å². The molecule has 0 saturated carbocycles. The second-order valence-corrected chi connectivity index (χ2v) is 5.41. The topological polar surface area (TPSA) is 47.7 Å². The van der Waals surface area contributed by atoms with E-state index in [1.807, 2.05) is 0 Å². The van der Waals surface area contributed by atoms with Gasteiger partial charge in [-0.15, -0.1) is 0 Å². The number of nitrogens with two attached hydrogens (primary N) is 1. The minimum absolute atomic E-state index is 0.0172. The second kappa shape index (κ2) is 6.14. The van der Waals surface area contributed by atoms with Gasteiger partial charge in [0.2, 0.25) is 0 Å². The summed E-state index contributed by atoms with van der Waals surface area (Å²) in [7, 11) is 0. The highest BCUT2D eigenvalue weighted by molar-refractivity contribution is 4.90. The fourth-order valence-electron chi connectivity index (χ4n) is 2.85. The molecule has 0 aromatic rings. The van der Waals surface area contributed by atoms with Crippen molar-refractivity contribution in [3.05, 3.63) is 0 Å². The van der Waals surface area contributed by atoms with E-state index in [1.165, 1.54) is 0 Å². The SMILES string of the molecule is CCOC1CCN(CC2(N)CCOCC2)CC1. The van der Waals surface area contributed by atoms with Gasteiger partial charge in [0, 0.05) is 45.0 Å². The van der Waals surface area contributed by atoms with Crippen molar-refractivity contribution in [2.45, 2.75) is 44.2 Å². The van der Waals surface area contributed by atoms with Crippen molar-refractivity contribution in [3.8, 4) is 0 Å². The summed E-state index contributed by atoms with van der Waals surface area (Å²) in [6, 6.07) is 0. The van der Waals surface area contributed by atoms with Crippen LogP contribution in [0, 0.1) is 0 Å². The van der Waals surface area contributed by atoms with Crippen LogP contribution in [0.4, 0.5) is 0 Å². The number of rotatable bonds is 4. The van der Waals surface area contributed by atoms with Crippen molar-refractivity contribution < 1.29 is 9.47 Å². The Labute approximate surface area is 104 Å². The zero-order chi connectivity index (χ0) is 12.1. The van der Waals surface area contributed by atoms with E-state index in [9.17, 15) is 0 Å². The average molecular weight is 242 g/mol. The average Bonchev–Trinajstić information content (AvgIpc) is 2.33. The number of piperidine rings is 1. The lowest BCUT2D eigenvalue weighted by Crippen LogP contribution is -2.55. The van der Waals surface area contributed by atoms with Gasteiger partial charge in [0.15, 0.2) is 0 Å². The van der Waals surface area contributed by atoms with E-state index in [0.29, 0.717) is 6.10 Å². The van der Waals surface area contributed by atoms with Crippen molar-refractivity contribution in [1.82, 2.24) is 4.90 Å². The number of hydrogen-bond donors (Lipinski definition) is 1. The molecule has 100 valence electrons. The van der Waals surface area contributed by atoms with Crippen LogP contribution in [0.25, 0.3) is 0 Å². The first-order valence-corrected chi connectivity index (χ1v) is 6.92. The lowest BCUT2D eigenvalue weighted by Gasteiger charge is -2.40. The van der Waals surface area contributed by atoms with E-state index in [0.717, 1.165) is 65.1 Å². The normalized spacial score (nSPS) is 27.2. The van der Waals surface area contributed by atoms with E-state index in [4.69, 9.17) is 15.2 Å². The molecule has 4 heteroatoms. The largest absolute Gasteiger partial charge is 0.381 e. The van der Waals surface area contributed by atoms with E-state index >= 15 is 0 Å². The predicted molar refractivity (Wildman–Crippen MR) is 68.1 cm³/mol. The van der Waals surface area contributed by atoms with Crippen LogP contribution in [0.3, 0.4) is 0 Å². The molecule has 0 spiro atoms. The molecule has 2 fully saturated rings. The Morgan fingerprint density at radius 2 is 1.94 bits per heavy atom. The Morgan fingerprint density at radius 1 is 1.29 bits per heavy atom. The smallest absolute Gasteiger partial charge is 0.0599 e. The third kappa shape index (κ3) is 3.91. The molecule has 2 saturated heterocycles. The van der Waals surface area contributed by atoms with Crippen molar-refractivity contribution in [2.75, 3.05) is 39.5 Å². The van der Waals surface area contributed by atoms with Crippen LogP contribution >= 0.6 is 0 Å². The minimum Gasteiger partial charge on any atom is -0.381 e. The van der Waals surface area contributed by atoms with Gasteiger partial charge in [-0.1, -0.05) is 0 Å². The quantitative estimate of drug-likeness (QED) is 0.799. The number of likely N-dealkylation sites (tertiary alicyclic amines) is 1. The third-order valence-electron chi connectivity index (χ3n) is 3.96. The van der Waals surface area contributed by atoms with Crippen LogP contribution in [0.2, 0.25) is 0 Å². The number of hydrogen-bond acceptors (Lipinski definition) is 4. The highest BCUT2D eigenvalue weighted by Crippen LogP contribution is 2.22. The zero-order valence-electron chi connectivity index (χ0n) is 11.0. The van der Waals surface area contributed by atoms with Crippen LogP contribution < -0.4 is 5.73 Å². The fraction of sp³-hybridized carbons (Fsp3) is 1.00. The molecular formula is C13H26N2O2. The monoisotopic (exact) mass is 242 g/mol. The van der Waals surface area contributed by atoms with Crippen molar-refractivity contribution >= 4 is 0 Å². The maximum absolute atomic E-state index is 6.43. The van der Waals surface area contributed by atoms with Crippen molar-refractivity contribution in [2.24, 2.45) is 5.73 Å². The molecule has 0 amide bonds. The van der Waals surface area contributed by atoms with Gasteiger partial charge in [0.05, 0.1) is 6.10 Å². The third-order valence-corrected chi connectivity index (χ3v) is 3.96. The second-order valence-electron chi connectivity index (χ2n) is 5.41. The fourth-order valence-corrected chi connectivity index (χ4v) is 2.85. The highest BCUT2D eigenvalue weighted by Gasteiger charge is 2.31. The number of nitrogens with zero attached hydrogens (tertiary/aromatic N) is 1. The Bertz CT molecular complexity index is 221. The molecule has 0 unspecified atom stereocenters. The van der Waals surface area contributed by atoms with Gasteiger partial charge in [-0.25, -0.2) is 0 Å². The summed E-state index contributed by atoms with van der Waals surface area (Å²) in [4.78, 5) is 2.50. The Morgan fingerprint density at radius 3 is 2.53 bits per heavy atom. The van der Waals surface area contributed by atoms with Gasteiger partial charge in [-0.05, 0) is 32.6 Å². The Hall–Kier alpha value is -0.160. The first kappa shape index (κ1) is 13.3. The number of ether oxygens (including phenoxy) is 2. The maximum Gasteiger partial charge on any atom is 0.0599 e. The molecule has 0 aliphatic carbocycles. The predicted octanol–water partition coefficient (Wildman–Crippen LogP) is 0.995. The molecule has 2 aliphatic heterocycles.